The number of nitrogens with one attached hydrogen (secondary N) is 1. The topological polar surface area (TPSA) is 63.2 Å². The molecule has 1 N–H and O–H groups in total. The van der Waals surface area contributed by atoms with Gasteiger partial charge in [-0.3, -0.25) is 4.79 Å². The van der Waals surface area contributed by atoms with E-state index >= 15 is 0 Å². The minimum absolute atomic E-state index is 0.0131. The van der Waals surface area contributed by atoms with Crippen molar-refractivity contribution >= 4 is 27.5 Å². The molecular weight excluding hydrogens is 330 g/mol. The molecule has 2 rings (SSSR count). The van der Waals surface area contributed by atoms with E-state index in [1.165, 1.54) is 17.3 Å². The summed E-state index contributed by atoms with van der Waals surface area (Å²) in [6.07, 6.45) is 0.666. The maximum absolute atomic E-state index is 12.0. The summed E-state index contributed by atoms with van der Waals surface area (Å²) >= 11 is 1.46. The fourth-order valence-electron chi connectivity index (χ4n) is 2.80. The Balaban J connectivity index is 1.78. The predicted molar refractivity (Wildman–Crippen MR) is 96.5 cm³/mol. The van der Waals surface area contributed by atoms with Crippen LogP contribution in [0.3, 0.4) is 0 Å². The van der Waals surface area contributed by atoms with Crippen molar-refractivity contribution in [1.29, 1.82) is 0 Å². The Kier molecular flexibility index (Phi) is 6.53. The van der Waals surface area contributed by atoms with Gasteiger partial charge in [-0.15, -0.1) is 11.8 Å². The Morgan fingerprint density at radius 2 is 2.00 bits per heavy atom. The fraction of sp³-hybridized carbons (Fsp3) is 0.588. The monoisotopic (exact) mass is 355 g/mol. The Bertz CT molecular complexity index is 614. The van der Waals surface area contributed by atoms with Crippen molar-refractivity contribution in [2.24, 2.45) is 5.92 Å². The predicted octanol–water partition coefficient (Wildman–Crippen LogP) is 2.46. The molecule has 1 saturated heterocycles. The van der Waals surface area contributed by atoms with Gasteiger partial charge in [0.15, 0.2) is 9.84 Å². The molecule has 2 atom stereocenters. The lowest BCUT2D eigenvalue weighted by Crippen LogP contribution is -2.32. The Morgan fingerprint density at radius 1 is 1.30 bits per heavy atom. The zero-order chi connectivity index (χ0) is 16.9. The van der Waals surface area contributed by atoms with Gasteiger partial charge in [0.05, 0.1) is 17.3 Å². The lowest BCUT2D eigenvalue weighted by molar-refractivity contribution is -0.118. The smallest absolute Gasteiger partial charge is 0.230 e. The van der Waals surface area contributed by atoms with E-state index in [2.05, 4.69) is 31.3 Å². The van der Waals surface area contributed by atoms with Gasteiger partial charge in [-0.2, -0.15) is 0 Å². The zero-order valence-electron chi connectivity index (χ0n) is 13.7. The Hall–Kier alpha value is -1.01. The molecule has 23 heavy (non-hydrogen) atoms. The molecule has 1 amide bonds. The summed E-state index contributed by atoms with van der Waals surface area (Å²) in [7, 11) is -2.87. The maximum Gasteiger partial charge on any atom is 0.230 e. The van der Waals surface area contributed by atoms with Gasteiger partial charge in [0.1, 0.15) is 0 Å². The van der Waals surface area contributed by atoms with E-state index in [0.29, 0.717) is 24.6 Å². The largest absolute Gasteiger partial charge is 0.355 e. The highest BCUT2D eigenvalue weighted by molar-refractivity contribution is 8.02. The van der Waals surface area contributed by atoms with Crippen molar-refractivity contribution in [2.75, 3.05) is 23.8 Å². The van der Waals surface area contributed by atoms with E-state index in [0.717, 1.165) is 0 Å². The van der Waals surface area contributed by atoms with Crippen LogP contribution in [0.25, 0.3) is 0 Å². The number of rotatable bonds is 7. The number of hydrogen-bond acceptors (Lipinski definition) is 4. The van der Waals surface area contributed by atoms with Crippen LogP contribution in [0.2, 0.25) is 0 Å². The second-order valence-corrected chi connectivity index (χ2v) is 9.92. The van der Waals surface area contributed by atoms with Gasteiger partial charge in [-0.1, -0.05) is 44.2 Å². The highest BCUT2D eigenvalue weighted by atomic mass is 32.2. The van der Waals surface area contributed by atoms with E-state index < -0.39 is 9.84 Å². The van der Waals surface area contributed by atoms with Crippen LogP contribution in [0.1, 0.15) is 31.7 Å². The number of thioether (sulfide) groups is 1. The van der Waals surface area contributed by atoms with Crippen LogP contribution in [-0.4, -0.2) is 43.4 Å². The number of amides is 1. The third kappa shape index (κ3) is 5.84. The van der Waals surface area contributed by atoms with Gasteiger partial charge in [0, 0.05) is 17.7 Å². The molecule has 1 heterocycles. The average molecular weight is 356 g/mol. The van der Waals surface area contributed by atoms with Crippen molar-refractivity contribution in [3.05, 3.63) is 35.9 Å². The molecule has 0 saturated carbocycles. The molecule has 6 heteroatoms. The van der Waals surface area contributed by atoms with Crippen LogP contribution in [0.4, 0.5) is 0 Å². The first-order valence-electron chi connectivity index (χ1n) is 8.01. The van der Waals surface area contributed by atoms with Crippen LogP contribution < -0.4 is 5.32 Å². The van der Waals surface area contributed by atoms with Gasteiger partial charge in [0.25, 0.3) is 0 Å². The average Bonchev–Trinajstić information content (AvgIpc) is 2.85. The molecular formula is C17H25NO3S2. The molecule has 0 aromatic heterocycles. The summed E-state index contributed by atoms with van der Waals surface area (Å²) in [6.45, 7) is 4.92. The molecule has 4 nitrogen and oxygen atoms in total. The maximum atomic E-state index is 12.0. The molecule has 1 fully saturated rings. The third-order valence-electron chi connectivity index (χ3n) is 4.19. The number of hydrogen-bond donors (Lipinski definition) is 1. The standard InChI is InChI=1S/C17H25NO3S2/c1-13(2)16(14-6-4-3-5-7-14)10-18-17(19)11-22-15-8-9-23(20,21)12-15/h3-7,13,15-16H,8-12H2,1-2H3,(H,18,19)/t15-,16+/m0/s1. The SMILES string of the molecule is CC(C)[C@@H](CNC(=O)CS[C@H]1CCS(=O)(=O)C1)c1ccccc1. The third-order valence-corrected chi connectivity index (χ3v) is 7.47. The summed E-state index contributed by atoms with van der Waals surface area (Å²) in [6, 6.07) is 10.2. The number of benzene rings is 1. The number of carbonyl (C=O) groups excluding carboxylic acids is 1. The minimum atomic E-state index is -2.87. The lowest BCUT2D eigenvalue weighted by Gasteiger charge is -2.22. The van der Waals surface area contributed by atoms with Crippen LogP contribution >= 0.6 is 11.8 Å². The minimum Gasteiger partial charge on any atom is -0.355 e. The first-order chi connectivity index (χ1) is 10.9. The number of carbonyl (C=O) groups is 1. The summed E-state index contributed by atoms with van der Waals surface area (Å²) in [5.41, 5.74) is 1.23. The summed E-state index contributed by atoms with van der Waals surface area (Å²) in [5, 5.41) is 3.07. The quantitative estimate of drug-likeness (QED) is 0.816. The molecule has 0 bridgehead atoms. The van der Waals surface area contributed by atoms with E-state index in [1.54, 1.807) is 0 Å². The second kappa shape index (κ2) is 8.20. The van der Waals surface area contributed by atoms with Gasteiger partial charge in [-0.25, -0.2) is 8.42 Å². The van der Waals surface area contributed by atoms with Crippen LogP contribution in [0.15, 0.2) is 30.3 Å². The highest BCUT2D eigenvalue weighted by Gasteiger charge is 2.28. The first kappa shape index (κ1) is 18.3. The molecule has 0 aliphatic carbocycles. The second-order valence-electron chi connectivity index (χ2n) is 6.40. The normalized spacial score (nSPS) is 21.3. The summed E-state index contributed by atoms with van der Waals surface area (Å²) < 4.78 is 22.8. The first-order valence-corrected chi connectivity index (χ1v) is 10.9. The molecule has 0 spiro atoms. The van der Waals surface area contributed by atoms with Gasteiger partial charge >= 0.3 is 0 Å². The summed E-state index contributed by atoms with van der Waals surface area (Å²) in [4.78, 5) is 12.0. The number of sulfone groups is 1. The lowest BCUT2D eigenvalue weighted by atomic mass is 9.88. The highest BCUT2D eigenvalue weighted by Crippen LogP contribution is 2.25. The van der Waals surface area contributed by atoms with Crippen LogP contribution in [0, 0.1) is 5.92 Å². The van der Waals surface area contributed by atoms with Crippen molar-refractivity contribution in [1.82, 2.24) is 5.32 Å². The van der Waals surface area contributed by atoms with Crippen molar-refractivity contribution < 1.29 is 13.2 Å². The van der Waals surface area contributed by atoms with Crippen molar-refractivity contribution in [3.63, 3.8) is 0 Å². The van der Waals surface area contributed by atoms with E-state index in [4.69, 9.17) is 0 Å². The van der Waals surface area contributed by atoms with Gasteiger partial charge in [-0.05, 0) is 17.9 Å². The molecule has 1 aromatic carbocycles. The Labute approximate surface area is 143 Å². The fourth-order valence-corrected chi connectivity index (χ4v) is 6.27. The van der Waals surface area contributed by atoms with Gasteiger partial charge in [0.2, 0.25) is 5.91 Å². The van der Waals surface area contributed by atoms with Crippen molar-refractivity contribution in [3.8, 4) is 0 Å². The summed E-state index contributed by atoms with van der Waals surface area (Å²) in [5.74, 6) is 1.52. The molecule has 1 aromatic rings. The molecule has 1 aliphatic heterocycles. The molecule has 0 unspecified atom stereocenters. The molecule has 0 radical (unpaired) electrons. The van der Waals surface area contributed by atoms with Crippen molar-refractivity contribution in [2.45, 2.75) is 31.4 Å². The zero-order valence-corrected chi connectivity index (χ0v) is 15.3. The van der Waals surface area contributed by atoms with E-state index in [-0.39, 0.29) is 28.6 Å². The van der Waals surface area contributed by atoms with Crippen LogP contribution in [0.5, 0.6) is 0 Å². The molecule has 128 valence electrons. The molecule has 1 aliphatic rings. The van der Waals surface area contributed by atoms with Crippen LogP contribution in [-0.2, 0) is 14.6 Å². The van der Waals surface area contributed by atoms with Gasteiger partial charge < -0.3 is 5.32 Å². The van der Waals surface area contributed by atoms with E-state index in [9.17, 15) is 13.2 Å². The van der Waals surface area contributed by atoms with E-state index in [1.807, 2.05) is 18.2 Å². The Morgan fingerprint density at radius 3 is 2.57 bits per heavy atom.